The fourth-order valence-electron chi connectivity index (χ4n) is 1.63. The fourth-order valence-corrected chi connectivity index (χ4v) is 1.63. The smallest absolute Gasteiger partial charge is 0.100 e. The summed E-state index contributed by atoms with van der Waals surface area (Å²) in [5, 5.41) is 7.96. The predicted octanol–water partition coefficient (Wildman–Crippen LogP) is 3.60. The van der Waals surface area contributed by atoms with E-state index in [-0.39, 0.29) is 0 Å². The SMILES string of the molecule is CCCC(=N)N(CC)c1ccc(C)cc1. The molecule has 2 nitrogen and oxygen atoms in total. The third-order valence-electron chi connectivity index (χ3n) is 2.47. The van der Waals surface area contributed by atoms with Crippen molar-refractivity contribution in [1.82, 2.24) is 0 Å². The number of amidine groups is 1. The maximum atomic E-state index is 7.96. The standard InChI is InChI=1S/C13H20N2/c1-4-6-13(14)15(5-2)12-9-7-11(3)8-10-12/h7-10,14H,4-6H2,1-3H3. The van der Waals surface area contributed by atoms with Crippen LogP contribution >= 0.6 is 0 Å². The van der Waals surface area contributed by atoms with E-state index in [1.165, 1.54) is 5.56 Å². The van der Waals surface area contributed by atoms with Gasteiger partial charge in [0, 0.05) is 18.7 Å². The van der Waals surface area contributed by atoms with Crippen LogP contribution < -0.4 is 4.90 Å². The molecule has 1 aromatic rings. The van der Waals surface area contributed by atoms with E-state index in [1.807, 2.05) is 0 Å². The van der Waals surface area contributed by atoms with Gasteiger partial charge in [-0.3, -0.25) is 5.41 Å². The molecule has 0 aliphatic rings. The van der Waals surface area contributed by atoms with Gasteiger partial charge >= 0.3 is 0 Å². The molecule has 0 fully saturated rings. The normalized spacial score (nSPS) is 10.1. The molecular formula is C13H20N2. The molecule has 2 heteroatoms. The van der Waals surface area contributed by atoms with Gasteiger partial charge in [-0.25, -0.2) is 0 Å². The zero-order valence-corrected chi connectivity index (χ0v) is 9.88. The number of nitrogens with one attached hydrogen (secondary N) is 1. The van der Waals surface area contributed by atoms with E-state index in [0.29, 0.717) is 5.84 Å². The van der Waals surface area contributed by atoms with Crippen molar-refractivity contribution < 1.29 is 0 Å². The Morgan fingerprint density at radius 2 is 1.80 bits per heavy atom. The first-order valence-corrected chi connectivity index (χ1v) is 5.60. The van der Waals surface area contributed by atoms with Crippen LogP contribution in [0.1, 0.15) is 32.3 Å². The molecule has 0 saturated heterocycles. The van der Waals surface area contributed by atoms with Crippen LogP contribution in [0.25, 0.3) is 0 Å². The topological polar surface area (TPSA) is 27.1 Å². The van der Waals surface area contributed by atoms with E-state index in [0.717, 1.165) is 25.1 Å². The highest BCUT2D eigenvalue weighted by molar-refractivity contribution is 5.95. The summed E-state index contributed by atoms with van der Waals surface area (Å²) >= 11 is 0. The molecule has 0 amide bonds. The lowest BCUT2D eigenvalue weighted by Crippen LogP contribution is -2.29. The number of anilines is 1. The Morgan fingerprint density at radius 3 is 2.27 bits per heavy atom. The highest BCUT2D eigenvalue weighted by Gasteiger charge is 2.08. The Balaban J connectivity index is 2.82. The quantitative estimate of drug-likeness (QED) is 0.589. The zero-order valence-electron chi connectivity index (χ0n) is 9.88. The van der Waals surface area contributed by atoms with Crippen LogP contribution in [0.5, 0.6) is 0 Å². The van der Waals surface area contributed by atoms with Gasteiger partial charge in [-0.15, -0.1) is 0 Å². The number of nitrogens with zero attached hydrogens (tertiary/aromatic N) is 1. The van der Waals surface area contributed by atoms with E-state index >= 15 is 0 Å². The molecule has 0 bridgehead atoms. The minimum absolute atomic E-state index is 0.712. The fraction of sp³-hybridized carbons (Fsp3) is 0.462. The van der Waals surface area contributed by atoms with Crippen molar-refractivity contribution in [2.24, 2.45) is 0 Å². The number of rotatable bonds is 4. The number of aryl methyl sites for hydroxylation is 1. The average Bonchev–Trinajstić information content (AvgIpc) is 2.22. The van der Waals surface area contributed by atoms with Gasteiger partial charge in [-0.1, -0.05) is 24.6 Å². The van der Waals surface area contributed by atoms with Gasteiger partial charge in [0.15, 0.2) is 0 Å². The van der Waals surface area contributed by atoms with Gasteiger partial charge in [0.05, 0.1) is 0 Å². The van der Waals surface area contributed by atoms with Gasteiger partial charge in [-0.2, -0.15) is 0 Å². The molecule has 0 spiro atoms. The molecule has 0 radical (unpaired) electrons. The summed E-state index contributed by atoms with van der Waals surface area (Å²) in [6.07, 6.45) is 1.88. The van der Waals surface area contributed by atoms with Gasteiger partial charge in [0.1, 0.15) is 5.84 Å². The Morgan fingerprint density at radius 1 is 1.20 bits per heavy atom. The molecule has 0 unspecified atom stereocenters. The number of benzene rings is 1. The number of hydrogen-bond donors (Lipinski definition) is 1. The predicted molar refractivity (Wildman–Crippen MR) is 66.8 cm³/mol. The molecule has 1 N–H and O–H groups in total. The van der Waals surface area contributed by atoms with Crippen LogP contribution in [0.3, 0.4) is 0 Å². The van der Waals surface area contributed by atoms with Crippen LogP contribution in [-0.4, -0.2) is 12.4 Å². The largest absolute Gasteiger partial charge is 0.331 e. The number of hydrogen-bond acceptors (Lipinski definition) is 1. The Bertz CT molecular complexity index is 314. The van der Waals surface area contributed by atoms with Crippen LogP contribution in [0.4, 0.5) is 5.69 Å². The van der Waals surface area contributed by atoms with E-state index in [2.05, 4.69) is 49.9 Å². The summed E-state index contributed by atoms with van der Waals surface area (Å²) in [6.45, 7) is 7.14. The van der Waals surface area contributed by atoms with Gasteiger partial charge < -0.3 is 4.90 Å². The molecule has 0 atom stereocenters. The van der Waals surface area contributed by atoms with Crippen molar-refractivity contribution in [1.29, 1.82) is 5.41 Å². The summed E-state index contributed by atoms with van der Waals surface area (Å²) in [6, 6.07) is 8.36. The second kappa shape index (κ2) is 5.54. The molecule has 0 saturated carbocycles. The Labute approximate surface area is 92.4 Å². The summed E-state index contributed by atoms with van der Waals surface area (Å²) in [4.78, 5) is 2.06. The van der Waals surface area contributed by atoms with Crippen LogP contribution in [0.2, 0.25) is 0 Å². The van der Waals surface area contributed by atoms with Gasteiger partial charge in [0.2, 0.25) is 0 Å². The van der Waals surface area contributed by atoms with Crippen molar-refractivity contribution in [3.63, 3.8) is 0 Å². The first-order chi connectivity index (χ1) is 7.19. The molecule has 0 aliphatic heterocycles. The second-order valence-electron chi connectivity index (χ2n) is 3.78. The highest BCUT2D eigenvalue weighted by atomic mass is 15.2. The summed E-state index contributed by atoms with van der Waals surface area (Å²) in [7, 11) is 0. The first kappa shape index (κ1) is 11.8. The van der Waals surface area contributed by atoms with Crippen LogP contribution in [0, 0.1) is 12.3 Å². The highest BCUT2D eigenvalue weighted by Crippen LogP contribution is 2.16. The maximum Gasteiger partial charge on any atom is 0.100 e. The first-order valence-electron chi connectivity index (χ1n) is 5.60. The molecule has 1 rings (SSSR count). The lowest BCUT2D eigenvalue weighted by molar-refractivity contribution is 0.928. The van der Waals surface area contributed by atoms with Gasteiger partial charge in [0.25, 0.3) is 0 Å². The van der Waals surface area contributed by atoms with E-state index in [1.54, 1.807) is 0 Å². The molecule has 15 heavy (non-hydrogen) atoms. The molecule has 82 valence electrons. The Hall–Kier alpha value is -1.31. The summed E-state index contributed by atoms with van der Waals surface area (Å²) in [5.41, 5.74) is 2.39. The molecule has 0 aliphatic carbocycles. The van der Waals surface area contributed by atoms with Gasteiger partial charge in [-0.05, 0) is 32.4 Å². The van der Waals surface area contributed by atoms with Crippen molar-refractivity contribution in [3.8, 4) is 0 Å². The third-order valence-corrected chi connectivity index (χ3v) is 2.47. The zero-order chi connectivity index (χ0) is 11.3. The van der Waals surface area contributed by atoms with Crippen molar-refractivity contribution in [2.45, 2.75) is 33.6 Å². The van der Waals surface area contributed by atoms with E-state index in [9.17, 15) is 0 Å². The average molecular weight is 204 g/mol. The minimum atomic E-state index is 0.712. The van der Waals surface area contributed by atoms with Crippen LogP contribution in [0.15, 0.2) is 24.3 Å². The van der Waals surface area contributed by atoms with Crippen molar-refractivity contribution in [3.05, 3.63) is 29.8 Å². The molecule has 0 heterocycles. The molecular weight excluding hydrogens is 184 g/mol. The molecule has 0 aromatic heterocycles. The third kappa shape index (κ3) is 3.08. The second-order valence-corrected chi connectivity index (χ2v) is 3.78. The van der Waals surface area contributed by atoms with Crippen LogP contribution in [-0.2, 0) is 0 Å². The van der Waals surface area contributed by atoms with E-state index < -0.39 is 0 Å². The maximum absolute atomic E-state index is 7.96. The Kier molecular flexibility index (Phi) is 4.35. The summed E-state index contributed by atoms with van der Waals surface area (Å²) < 4.78 is 0. The lowest BCUT2D eigenvalue weighted by atomic mass is 10.2. The lowest BCUT2D eigenvalue weighted by Gasteiger charge is -2.23. The minimum Gasteiger partial charge on any atom is -0.331 e. The molecule has 1 aromatic carbocycles. The monoisotopic (exact) mass is 204 g/mol. The van der Waals surface area contributed by atoms with Crippen molar-refractivity contribution in [2.75, 3.05) is 11.4 Å². The van der Waals surface area contributed by atoms with E-state index in [4.69, 9.17) is 5.41 Å². The summed E-state index contributed by atoms with van der Waals surface area (Å²) in [5.74, 6) is 0.712. The van der Waals surface area contributed by atoms with Crippen molar-refractivity contribution >= 4 is 11.5 Å².